The van der Waals surface area contributed by atoms with Crippen LogP contribution < -0.4 is 26.0 Å². The van der Waals surface area contributed by atoms with Gasteiger partial charge >= 0.3 is 0 Å². The molecule has 0 aliphatic carbocycles. The molecule has 1 fully saturated rings. The van der Waals surface area contributed by atoms with Crippen LogP contribution in [0.1, 0.15) is 50.2 Å². The number of nitrogens with zero attached hydrogens (tertiary/aromatic N) is 1. The number of hydrogen-bond donors (Lipinski definition) is 4. The SMILES string of the molecule is CNC1CC(C)NC(Nc2cc3c(c(C4=CCN(C)CCC4)c2F)OCC3C)N1. The quantitative estimate of drug-likeness (QED) is 0.620. The minimum Gasteiger partial charge on any atom is -0.492 e. The van der Waals surface area contributed by atoms with Crippen molar-refractivity contribution in [2.45, 2.75) is 57.5 Å². The zero-order chi connectivity index (χ0) is 20.5. The molecule has 0 spiro atoms. The van der Waals surface area contributed by atoms with E-state index < -0.39 is 0 Å². The van der Waals surface area contributed by atoms with E-state index in [1.165, 1.54) is 0 Å². The number of ether oxygens (including phenoxy) is 1. The second kappa shape index (κ2) is 8.60. The van der Waals surface area contributed by atoms with E-state index in [9.17, 15) is 0 Å². The predicted molar refractivity (Wildman–Crippen MR) is 116 cm³/mol. The molecule has 0 aromatic heterocycles. The van der Waals surface area contributed by atoms with Gasteiger partial charge in [-0.3, -0.25) is 10.6 Å². The largest absolute Gasteiger partial charge is 0.492 e. The summed E-state index contributed by atoms with van der Waals surface area (Å²) >= 11 is 0. The Morgan fingerprint density at radius 1 is 1.28 bits per heavy atom. The minimum atomic E-state index is -0.212. The third-order valence-corrected chi connectivity index (χ3v) is 6.27. The molecule has 4 atom stereocenters. The standard InChI is InChI=1S/C22H34FN5O/c1-13-12-29-21-16(13)11-17(26-22-25-14(2)10-18(24-3)27-22)20(23)19(21)15-6-5-8-28(4)9-7-15/h7,11,13-14,18,22,24-27H,5-6,8-10,12H2,1-4H3. The van der Waals surface area contributed by atoms with Gasteiger partial charge in [-0.2, -0.15) is 0 Å². The molecule has 0 saturated carbocycles. The molecule has 29 heavy (non-hydrogen) atoms. The molecule has 3 heterocycles. The van der Waals surface area contributed by atoms with Gasteiger partial charge in [0.25, 0.3) is 0 Å². The summed E-state index contributed by atoms with van der Waals surface area (Å²) in [5.74, 6) is 0.786. The Kier molecular flexibility index (Phi) is 6.11. The van der Waals surface area contributed by atoms with Gasteiger partial charge in [-0.1, -0.05) is 13.0 Å². The van der Waals surface area contributed by atoms with Crippen LogP contribution in [0, 0.1) is 5.82 Å². The molecule has 0 radical (unpaired) electrons. The molecule has 3 aliphatic rings. The van der Waals surface area contributed by atoms with Crippen LogP contribution in [0.5, 0.6) is 5.75 Å². The number of nitrogens with one attached hydrogen (secondary N) is 4. The number of fused-ring (bicyclic) bond motifs is 1. The smallest absolute Gasteiger partial charge is 0.157 e. The summed E-state index contributed by atoms with van der Waals surface area (Å²) in [6, 6.07) is 2.26. The van der Waals surface area contributed by atoms with Crippen LogP contribution >= 0.6 is 0 Å². The molecule has 7 heteroatoms. The fourth-order valence-electron chi connectivity index (χ4n) is 4.56. The first-order chi connectivity index (χ1) is 14.0. The first-order valence-corrected chi connectivity index (χ1v) is 10.8. The Bertz CT molecular complexity index is 783. The van der Waals surface area contributed by atoms with Crippen LogP contribution in [0.3, 0.4) is 0 Å². The molecule has 6 nitrogen and oxygen atoms in total. The van der Waals surface area contributed by atoms with Gasteiger partial charge < -0.3 is 20.3 Å². The molecule has 1 aromatic rings. The first-order valence-electron chi connectivity index (χ1n) is 10.8. The van der Waals surface area contributed by atoms with Crippen LogP contribution in [-0.4, -0.2) is 57.2 Å². The molecule has 4 unspecified atom stereocenters. The molecule has 3 aliphatic heterocycles. The van der Waals surface area contributed by atoms with Crippen LogP contribution in [0.4, 0.5) is 10.1 Å². The van der Waals surface area contributed by atoms with Crippen molar-refractivity contribution in [1.82, 2.24) is 20.9 Å². The van der Waals surface area contributed by atoms with Crippen molar-refractivity contribution >= 4 is 11.3 Å². The molecule has 1 aromatic carbocycles. The zero-order valence-corrected chi connectivity index (χ0v) is 17.9. The van der Waals surface area contributed by atoms with Gasteiger partial charge in [-0.25, -0.2) is 4.39 Å². The van der Waals surface area contributed by atoms with E-state index in [0.29, 0.717) is 23.9 Å². The average Bonchev–Trinajstić information content (AvgIpc) is 2.91. The van der Waals surface area contributed by atoms with Gasteiger partial charge in [0, 0.05) is 24.1 Å². The van der Waals surface area contributed by atoms with Crippen molar-refractivity contribution in [3.8, 4) is 5.75 Å². The Balaban J connectivity index is 1.69. The van der Waals surface area contributed by atoms with Crippen molar-refractivity contribution in [2.24, 2.45) is 0 Å². The predicted octanol–water partition coefficient (Wildman–Crippen LogP) is 2.64. The molecular weight excluding hydrogens is 369 g/mol. The molecule has 4 rings (SSSR count). The lowest BCUT2D eigenvalue weighted by Crippen LogP contribution is -2.63. The number of allylic oxidation sites excluding steroid dienone is 1. The Labute approximate surface area is 173 Å². The zero-order valence-electron chi connectivity index (χ0n) is 17.9. The summed E-state index contributed by atoms with van der Waals surface area (Å²) in [5.41, 5.74) is 3.34. The summed E-state index contributed by atoms with van der Waals surface area (Å²) in [5, 5.41) is 13.6. The van der Waals surface area contributed by atoms with Crippen molar-refractivity contribution in [2.75, 3.05) is 39.1 Å². The Hall–Kier alpha value is -1.67. The molecule has 0 bridgehead atoms. The summed E-state index contributed by atoms with van der Waals surface area (Å²) in [6.45, 7) is 6.76. The van der Waals surface area contributed by atoms with Crippen molar-refractivity contribution in [3.05, 3.63) is 29.1 Å². The van der Waals surface area contributed by atoms with Crippen LogP contribution in [0.25, 0.3) is 5.57 Å². The Morgan fingerprint density at radius 3 is 2.90 bits per heavy atom. The van der Waals surface area contributed by atoms with E-state index in [1.807, 2.05) is 13.1 Å². The second-order valence-electron chi connectivity index (χ2n) is 8.73. The van der Waals surface area contributed by atoms with Crippen molar-refractivity contribution < 1.29 is 9.13 Å². The first kappa shape index (κ1) is 20.6. The van der Waals surface area contributed by atoms with Gasteiger partial charge in [0.2, 0.25) is 0 Å². The number of anilines is 1. The molecule has 4 N–H and O–H groups in total. The topological polar surface area (TPSA) is 60.6 Å². The maximum Gasteiger partial charge on any atom is 0.157 e. The summed E-state index contributed by atoms with van der Waals surface area (Å²) in [6.07, 6.45) is 5.01. The monoisotopic (exact) mass is 403 g/mol. The van der Waals surface area contributed by atoms with Gasteiger partial charge in [-0.15, -0.1) is 0 Å². The average molecular weight is 404 g/mol. The normalized spacial score (nSPS) is 30.3. The molecule has 160 valence electrons. The van der Waals surface area contributed by atoms with E-state index in [2.05, 4.69) is 53.1 Å². The highest BCUT2D eigenvalue weighted by atomic mass is 19.1. The summed E-state index contributed by atoms with van der Waals surface area (Å²) < 4.78 is 21.8. The molecule has 1 saturated heterocycles. The van der Waals surface area contributed by atoms with Crippen LogP contribution in [0.15, 0.2) is 12.1 Å². The highest BCUT2D eigenvalue weighted by Crippen LogP contribution is 2.45. The third-order valence-electron chi connectivity index (χ3n) is 6.27. The van der Waals surface area contributed by atoms with E-state index in [4.69, 9.17) is 4.74 Å². The summed E-state index contributed by atoms with van der Waals surface area (Å²) in [7, 11) is 4.05. The lowest BCUT2D eigenvalue weighted by Gasteiger charge is -2.37. The molecular formula is C22H34FN5O. The maximum atomic E-state index is 15.8. The van der Waals surface area contributed by atoms with E-state index in [-0.39, 0.29) is 24.2 Å². The van der Waals surface area contributed by atoms with Crippen molar-refractivity contribution in [3.63, 3.8) is 0 Å². The highest BCUT2D eigenvalue weighted by molar-refractivity contribution is 5.77. The van der Waals surface area contributed by atoms with E-state index >= 15 is 4.39 Å². The summed E-state index contributed by atoms with van der Waals surface area (Å²) in [4.78, 5) is 2.27. The fourth-order valence-corrected chi connectivity index (χ4v) is 4.56. The Morgan fingerprint density at radius 2 is 2.10 bits per heavy atom. The van der Waals surface area contributed by atoms with Gasteiger partial charge in [0.15, 0.2) is 5.82 Å². The lowest BCUT2D eigenvalue weighted by atomic mass is 9.93. The number of likely N-dealkylation sites (N-methyl/N-ethyl adjacent to an activating group) is 1. The highest BCUT2D eigenvalue weighted by Gasteiger charge is 2.31. The number of rotatable bonds is 4. The van der Waals surface area contributed by atoms with E-state index in [1.54, 1.807) is 0 Å². The van der Waals surface area contributed by atoms with E-state index in [0.717, 1.165) is 49.2 Å². The van der Waals surface area contributed by atoms with Gasteiger partial charge in [0.05, 0.1) is 24.0 Å². The second-order valence-corrected chi connectivity index (χ2v) is 8.73. The van der Waals surface area contributed by atoms with Crippen LogP contribution in [0.2, 0.25) is 0 Å². The number of halogens is 1. The number of benzene rings is 1. The molecule has 0 amide bonds. The maximum absolute atomic E-state index is 15.8. The lowest BCUT2D eigenvalue weighted by molar-refractivity contribution is 0.249. The van der Waals surface area contributed by atoms with Crippen LogP contribution in [-0.2, 0) is 0 Å². The number of hydrogen-bond acceptors (Lipinski definition) is 6. The van der Waals surface area contributed by atoms with Crippen molar-refractivity contribution in [1.29, 1.82) is 0 Å². The van der Waals surface area contributed by atoms with Gasteiger partial charge in [0.1, 0.15) is 12.0 Å². The van der Waals surface area contributed by atoms with Gasteiger partial charge in [-0.05, 0) is 58.5 Å². The third kappa shape index (κ3) is 4.28. The fraction of sp³-hybridized carbons (Fsp3) is 0.636. The minimum absolute atomic E-state index is 0.183.